The largest absolute Gasteiger partial charge is 0.368 e. The SMILES string of the molecule is O=C(CCc1ccncc1)N1CCC2(CC1)OCCc1cn(-c3ccccc3)nc12. The summed E-state index contributed by atoms with van der Waals surface area (Å²) in [4.78, 5) is 18.7. The third-order valence-electron chi connectivity index (χ3n) is 6.29. The van der Waals surface area contributed by atoms with E-state index >= 15 is 0 Å². The van der Waals surface area contributed by atoms with Crippen molar-refractivity contribution in [3.63, 3.8) is 0 Å². The summed E-state index contributed by atoms with van der Waals surface area (Å²) >= 11 is 0. The van der Waals surface area contributed by atoms with E-state index in [1.54, 1.807) is 12.4 Å². The van der Waals surface area contributed by atoms with E-state index in [4.69, 9.17) is 9.84 Å². The maximum atomic E-state index is 12.7. The van der Waals surface area contributed by atoms with Crippen LogP contribution in [0, 0.1) is 0 Å². The average molecular weight is 402 g/mol. The molecule has 0 N–H and O–H groups in total. The topological polar surface area (TPSA) is 60.3 Å². The van der Waals surface area contributed by atoms with E-state index in [1.165, 1.54) is 5.56 Å². The Bertz CT molecular complexity index is 1010. The highest BCUT2D eigenvalue weighted by atomic mass is 16.5. The predicted molar refractivity (Wildman–Crippen MR) is 113 cm³/mol. The average Bonchev–Trinajstić information content (AvgIpc) is 3.26. The van der Waals surface area contributed by atoms with Gasteiger partial charge < -0.3 is 9.64 Å². The first-order chi connectivity index (χ1) is 14.7. The number of rotatable bonds is 4. The van der Waals surface area contributed by atoms with Crippen molar-refractivity contribution >= 4 is 5.91 Å². The molecule has 154 valence electrons. The summed E-state index contributed by atoms with van der Waals surface area (Å²) < 4.78 is 8.28. The number of pyridine rings is 1. The zero-order valence-electron chi connectivity index (χ0n) is 17.0. The van der Waals surface area contributed by atoms with Gasteiger partial charge in [0, 0.05) is 38.1 Å². The Kier molecular flexibility index (Phi) is 5.09. The molecule has 4 heterocycles. The Balaban J connectivity index is 1.27. The number of piperidine rings is 1. The Morgan fingerprint density at radius 3 is 2.60 bits per heavy atom. The third-order valence-corrected chi connectivity index (χ3v) is 6.29. The van der Waals surface area contributed by atoms with E-state index < -0.39 is 0 Å². The van der Waals surface area contributed by atoms with Crippen LogP contribution in [0.2, 0.25) is 0 Å². The highest BCUT2D eigenvalue weighted by Gasteiger charge is 2.44. The fourth-order valence-corrected chi connectivity index (χ4v) is 4.57. The summed E-state index contributed by atoms with van der Waals surface area (Å²) in [5.41, 5.74) is 4.17. The summed E-state index contributed by atoms with van der Waals surface area (Å²) in [7, 11) is 0. The first-order valence-electron chi connectivity index (χ1n) is 10.7. The second-order valence-electron chi connectivity index (χ2n) is 8.11. The number of likely N-dealkylation sites (tertiary alicyclic amines) is 1. The van der Waals surface area contributed by atoms with E-state index in [-0.39, 0.29) is 11.5 Å². The summed E-state index contributed by atoms with van der Waals surface area (Å²) in [5, 5.41) is 4.93. The van der Waals surface area contributed by atoms with Crippen molar-refractivity contribution in [1.29, 1.82) is 0 Å². The normalized spacial score (nSPS) is 17.7. The molecule has 0 unspecified atom stereocenters. The number of carbonyl (C=O) groups excluding carboxylic acids is 1. The van der Waals surface area contributed by atoms with Crippen LogP contribution >= 0.6 is 0 Å². The lowest BCUT2D eigenvalue weighted by molar-refractivity contribution is -0.141. The molecule has 3 aromatic rings. The number of benzene rings is 1. The lowest BCUT2D eigenvalue weighted by Crippen LogP contribution is -2.48. The lowest BCUT2D eigenvalue weighted by atomic mass is 9.83. The summed E-state index contributed by atoms with van der Waals surface area (Å²) in [6, 6.07) is 14.1. The first-order valence-corrected chi connectivity index (χ1v) is 10.7. The van der Waals surface area contributed by atoms with Crippen LogP contribution in [0.4, 0.5) is 0 Å². The first kappa shape index (κ1) is 19.0. The standard InChI is InChI=1S/C24H26N4O2/c29-22(7-6-19-8-13-25-14-9-19)27-15-11-24(12-16-27)23-20(10-17-30-24)18-28(26-23)21-4-2-1-3-5-21/h1-5,8-9,13-14,18H,6-7,10-12,15-17H2. The molecule has 6 heteroatoms. The lowest BCUT2D eigenvalue weighted by Gasteiger charge is -2.43. The summed E-state index contributed by atoms with van der Waals surface area (Å²) in [6.45, 7) is 2.14. The fourth-order valence-electron chi connectivity index (χ4n) is 4.57. The third kappa shape index (κ3) is 3.63. The zero-order chi connectivity index (χ0) is 20.4. The van der Waals surface area contributed by atoms with E-state index in [9.17, 15) is 4.79 Å². The number of aromatic nitrogens is 3. The molecule has 1 spiro atoms. The van der Waals surface area contributed by atoms with Gasteiger partial charge in [0.1, 0.15) is 5.60 Å². The molecule has 0 aliphatic carbocycles. The van der Waals surface area contributed by atoms with Crippen molar-refractivity contribution in [1.82, 2.24) is 19.7 Å². The van der Waals surface area contributed by atoms with Crippen LogP contribution in [0.25, 0.3) is 5.69 Å². The van der Waals surface area contributed by atoms with Gasteiger partial charge in [-0.25, -0.2) is 4.68 Å². The Hall–Kier alpha value is -2.99. The van der Waals surface area contributed by atoms with E-state index in [2.05, 4.69) is 23.3 Å². The van der Waals surface area contributed by atoms with Gasteiger partial charge >= 0.3 is 0 Å². The van der Waals surface area contributed by atoms with Crippen LogP contribution in [0.1, 0.15) is 36.1 Å². The van der Waals surface area contributed by atoms with Gasteiger partial charge in [-0.2, -0.15) is 5.10 Å². The van der Waals surface area contributed by atoms with Crippen molar-refractivity contribution in [2.75, 3.05) is 19.7 Å². The van der Waals surface area contributed by atoms with Crippen LogP contribution < -0.4 is 0 Å². The Morgan fingerprint density at radius 2 is 1.83 bits per heavy atom. The van der Waals surface area contributed by atoms with Gasteiger partial charge in [-0.1, -0.05) is 18.2 Å². The highest BCUT2D eigenvalue weighted by Crippen LogP contribution is 2.41. The van der Waals surface area contributed by atoms with Crippen LogP contribution in [0.5, 0.6) is 0 Å². The molecule has 2 aromatic heterocycles. The maximum absolute atomic E-state index is 12.7. The van der Waals surface area contributed by atoms with Crippen LogP contribution in [-0.4, -0.2) is 45.3 Å². The summed E-state index contributed by atoms with van der Waals surface area (Å²) in [5.74, 6) is 0.215. The number of para-hydroxylation sites is 1. The second-order valence-corrected chi connectivity index (χ2v) is 8.11. The van der Waals surface area contributed by atoms with Gasteiger partial charge in [-0.3, -0.25) is 9.78 Å². The minimum atomic E-state index is -0.366. The Morgan fingerprint density at radius 1 is 1.07 bits per heavy atom. The van der Waals surface area contributed by atoms with Crippen molar-refractivity contribution < 1.29 is 9.53 Å². The monoisotopic (exact) mass is 402 g/mol. The molecule has 2 aliphatic rings. The second kappa shape index (κ2) is 8.03. The number of ether oxygens (including phenoxy) is 1. The molecular formula is C24H26N4O2. The number of hydrogen-bond acceptors (Lipinski definition) is 4. The molecule has 0 atom stereocenters. The molecule has 0 saturated carbocycles. The molecular weight excluding hydrogens is 376 g/mol. The molecule has 5 rings (SSSR count). The van der Waals surface area contributed by atoms with Crippen molar-refractivity contribution in [3.05, 3.63) is 77.9 Å². The van der Waals surface area contributed by atoms with Crippen LogP contribution in [-0.2, 0) is 28.0 Å². The zero-order valence-corrected chi connectivity index (χ0v) is 17.0. The molecule has 1 amide bonds. The number of fused-ring (bicyclic) bond motifs is 2. The minimum absolute atomic E-state index is 0.215. The smallest absolute Gasteiger partial charge is 0.222 e. The van der Waals surface area contributed by atoms with Gasteiger partial charge in [-0.05, 0) is 61.1 Å². The number of aryl methyl sites for hydroxylation is 1. The van der Waals surface area contributed by atoms with Crippen molar-refractivity contribution in [3.8, 4) is 5.69 Å². The van der Waals surface area contributed by atoms with Crippen LogP contribution in [0.3, 0.4) is 0 Å². The maximum Gasteiger partial charge on any atom is 0.222 e. The van der Waals surface area contributed by atoms with Crippen LogP contribution in [0.15, 0.2) is 61.1 Å². The molecule has 30 heavy (non-hydrogen) atoms. The van der Waals surface area contributed by atoms with E-state index in [1.807, 2.05) is 39.9 Å². The number of carbonyl (C=O) groups is 1. The molecule has 2 aliphatic heterocycles. The quantitative estimate of drug-likeness (QED) is 0.672. The van der Waals surface area contributed by atoms with Gasteiger partial charge in [0.15, 0.2) is 0 Å². The summed E-state index contributed by atoms with van der Waals surface area (Å²) in [6.07, 6.45) is 9.46. The molecule has 1 fully saturated rings. The minimum Gasteiger partial charge on any atom is -0.368 e. The molecule has 1 saturated heterocycles. The molecule has 0 radical (unpaired) electrons. The number of amides is 1. The van der Waals surface area contributed by atoms with Crippen molar-refractivity contribution in [2.45, 2.75) is 37.7 Å². The predicted octanol–water partition coefficient (Wildman–Crippen LogP) is 3.29. The fraction of sp³-hybridized carbons (Fsp3) is 0.375. The Labute approximate surface area is 176 Å². The van der Waals surface area contributed by atoms with Gasteiger partial charge in [0.2, 0.25) is 5.91 Å². The molecule has 6 nitrogen and oxygen atoms in total. The number of hydrogen-bond donors (Lipinski definition) is 0. The van der Waals surface area contributed by atoms with Crippen molar-refractivity contribution in [2.24, 2.45) is 0 Å². The van der Waals surface area contributed by atoms with E-state index in [0.717, 1.165) is 42.6 Å². The van der Waals surface area contributed by atoms with Gasteiger partial charge in [0.05, 0.1) is 18.0 Å². The number of nitrogens with zero attached hydrogens (tertiary/aromatic N) is 4. The molecule has 0 bridgehead atoms. The van der Waals surface area contributed by atoms with Gasteiger partial charge in [-0.15, -0.1) is 0 Å². The van der Waals surface area contributed by atoms with E-state index in [0.29, 0.717) is 26.1 Å². The van der Waals surface area contributed by atoms with Gasteiger partial charge in [0.25, 0.3) is 0 Å². The highest BCUT2D eigenvalue weighted by molar-refractivity contribution is 5.76. The molecule has 1 aromatic carbocycles.